The van der Waals surface area contributed by atoms with Gasteiger partial charge in [-0.25, -0.2) is 9.78 Å². The second-order valence-electron chi connectivity index (χ2n) is 9.69. The van der Waals surface area contributed by atoms with Gasteiger partial charge in [0.05, 0.1) is 18.3 Å². The van der Waals surface area contributed by atoms with E-state index >= 15 is 0 Å². The highest BCUT2D eigenvalue weighted by Crippen LogP contribution is 2.37. The topological polar surface area (TPSA) is 54.9 Å². The minimum atomic E-state index is -0.468. The number of aromatic nitrogens is 1. The van der Waals surface area contributed by atoms with Gasteiger partial charge in [-0.1, -0.05) is 6.07 Å². The molecule has 28 heavy (non-hydrogen) atoms. The molecule has 1 saturated heterocycles. The summed E-state index contributed by atoms with van der Waals surface area (Å²) in [5.74, 6) is 1.84. The first kappa shape index (κ1) is 19.5. The molecular formula is C22H33N3O3. The quantitative estimate of drug-likeness (QED) is 0.789. The van der Waals surface area contributed by atoms with Crippen LogP contribution in [0.1, 0.15) is 57.4 Å². The van der Waals surface area contributed by atoms with Gasteiger partial charge < -0.3 is 19.3 Å². The van der Waals surface area contributed by atoms with Gasteiger partial charge in [-0.3, -0.25) is 0 Å². The molecule has 0 aromatic carbocycles. The van der Waals surface area contributed by atoms with Crippen LogP contribution in [-0.4, -0.2) is 53.4 Å². The molecule has 3 aliphatic rings. The lowest BCUT2D eigenvalue weighted by Gasteiger charge is -2.43. The lowest BCUT2D eigenvalue weighted by Crippen LogP contribution is -2.58. The maximum atomic E-state index is 12.6. The van der Waals surface area contributed by atoms with Crippen LogP contribution in [0.15, 0.2) is 6.07 Å². The van der Waals surface area contributed by atoms with Crippen molar-refractivity contribution in [2.75, 3.05) is 24.6 Å². The van der Waals surface area contributed by atoms with Crippen LogP contribution in [0, 0.1) is 12.8 Å². The summed E-state index contributed by atoms with van der Waals surface area (Å²) in [6.45, 7) is 12.8. The smallest absolute Gasteiger partial charge is 0.410 e. The van der Waals surface area contributed by atoms with Crippen LogP contribution in [0.25, 0.3) is 0 Å². The average molecular weight is 388 g/mol. The Balaban J connectivity index is 1.47. The molecule has 1 aromatic rings. The van der Waals surface area contributed by atoms with Crippen LogP contribution in [0.4, 0.5) is 10.6 Å². The van der Waals surface area contributed by atoms with Crippen molar-refractivity contribution >= 4 is 11.9 Å². The van der Waals surface area contributed by atoms with E-state index in [1.807, 2.05) is 25.7 Å². The number of fused-ring (bicyclic) bond motifs is 3. The minimum Gasteiger partial charge on any atom is -0.444 e. The molecule has 0 bridgehead atoms. The van der Waals surface area contributed by atoms with E-state index in [0.717, 1.165) is 30.5 Å². The third-order valence-corrected chi connectivity index (χ3v) is 5.80. The van der Waals surface area contributed by atoms with E-state index in [0.29, 0.717) is 19.7 Å². The van der Waals surface area contributed by atoms with Crippen molar-refractivity contribution in [1.82, 2.24) is 9.88 Å². The first-order chi connectivity index (χ1) is 13.2. The van der Waals surface area contributed by atoms with Gasteiger partial charge in [0.2, 0.25) is 0 Å². The predicted molar refractivity (Wildman–Crippen MR) is 109 cm³/mol. The summed E-state index contributed by atoms with van der Waals surface area (Å²) in [7, 11) is 0. The Kier molecular flexibility index (Phi) is 5.02. The van der Waals surface area contributed by atoms with Gasteiger partial charge in [0.15, 0.2) is 0 Å². The molecular weight excluding hydrogens is 354 g/mol. The van der Waals surface area contributed by atoms with E-state index in [1.54, 1.807) is 0 Å². The summed E-state index contributed by atoms with van der Waals surface area (Å²) in [5, 5.41) is 0. The van der Waals surface area contributed by atoms with E-state index in [4.69, 9.17) is 14.5 Å². The number of carbonyl (C=O) groups excluding carboxylic acids is 1. The standard InChI is InChI=1S/C22H33N3O3/c1-14-8-17-9-18-11-24(21(26)28-22(3,4)5)10-15(2)25(18)20(17)23-19(14)13-27-12-16-6-7-16/h8,15-16,18H,6-7,9-13H2,1-5H3/t15-,18-/m1/s1. The summed E-state index contributed by atoms with van der Waals surface area (Å²) in [6, 6.07) is 2.74. The fraction of sp³-hybridized carbons (Fsp3) is 0.727. The Hall–Kier alpha value is -1.82. The summed E-state index contributed by atoms with van der Waals surface area (Å²) in [4.78, 5) is 21.8. The minimum absolute atomic E-state index is 0.211. The van der Waals surface area contributed by atoms with Crippen LogP contribution in [0.2, 0.25) is 0 Å². The number of nitrogens with zero attached hydrogens (tertiary/aromatic N) is 3. The maximum Gasteiger partial charge on any atom is 0.410 e. The summed E-state index contributed by atoms with van der Waals surface area (Å²) in [6.07, 6.45) is 3.32. The van der Waals surface area contributed by atoms with Crippen molar-refractivity contribution in [2.24, 2.45) is 5.92 Å². The highest BCUT2D eigenvalue weighted by atomic mass is 16.6. The fourth-order valence-corrected chi connectivity index (χ4v) is 4.28. The molecule has 2 aliphatic heterocycles. The molecule has 0 spiro atoms. The van der Waals surface area contributed by atoms with Crippen molar-refractivity contribution < 1.29 is 14.3 Å². The Labute approximate surface area is 168 Å². The molecule has 6 heteroatoms. The molecule has 0 N–H and O–H groups in total. The third kappa shape index (κ3) is 4.12. The molecule has 1 saturated carbocycles. The molecule has 0 unspecified atom stereocenters. The number of carbonyl (C=O) groups is 1. The molecule has 1 aliphatic carbocycles. The molecule has 6 nitrogen and oxygen atoms in total. The number of pyridine rings is 1. The van der Waals surface area contributed by atoms with Gasteiger partial charge >= 0.3 is 6.09 Å². The van der Waals surface area contributed by atoms with Crippen LogP contribution < -0.4 is 4.90 Å². The van der Waals surface area contributed by atoms with E-state index in [1.165, 1.54) is 24.0 Å². The van der Waals surface area contributed by atoms with E-state index < -0.39 is 5.60 Å². The summed E-state index contributed by atoms with van der Waals surface area (Å²) < 4.78 is 11.5. The molecule has 3 heterocycles. The molecule has 0 radical (unpaired) electrons. The SMILES string of the molecule is Cc1cc2c(nc1COCC1CC1)N1[C@H](C2)CN(C(=O)OC(C)(C)C)C[C@H]1C. The number of aryl methyl sites for hydroxylation is 1. The van der Waals surface area contributed by atoms with E-state index in [9.17, 15) is 4.79 Å². The second kappa shape index (κ2) is 7.21. The molecule has 2 atom stereocenters. The Morgan fingerprint density at radius 1 is 1.29 bits per heavy atom. The molecule has 2 fully saturated rings. The van der Waals surface area contributed by atoms with Gasteiger partial charge in [-0.15, -0.1) is 0 Å². The predicted octanol–water partition coefficient (Wildman–Crippen LogP) is 3.69. The van der Waals surface area contributed by atoms with Gasteiger partial charge in [0.25, 0.3) is 0 Å². The average Bonchev–Trinajstić information content (AvgIpc) is 3.33. The third-order valence-electron chi connectivity index (χ3n) is 5.80. The number of amides is 1. The van der Waals surface area contributed by atoms with Gasteiger partial charge in [0, 0.05) is 25.7 Å². The molecule has 1 aromatic heterocycles. The van der Waals surface area contributed by atoms with Gasteiger partial charge in [0.1, 0.15) is 11.4 Å². The molecule has 154 valence electrons. The van der Waals surface area contributed by atoms with Crippen molar-refractivity contribution in [3.8, 4) is 0 Å². The lowest BCUT2D eigenvalue weighted by atomic mass is 10.1. The summed E-state index contributed by atoms with van der Waals surface area (Å²) in [5.41, 5.74) is 3.06. The van der Waals surface area contributed by atoms with Crippen molar-refractivity contribution in [2.45, 2.75) is 78.2 Å². The zero-order valence-electron chi connectivity index (χ0n) is 17.8. The Morgan fingerprint density at radius 2 is 2.04 bits per heavy atom. The largest absolute Gasteiger partial charge is 0.444 e. The number of ether oxygens (including phenoxy) is 2. The number of rotatable bonds is 4. The summed E-state index contributed by atoms with van der Waals surface area (Å²) >= 11 is 0. The fourth-order valence-electron chi connectivity index (χ4n) is 4.28. The maximum absolute atomic E-state index is 12.6. The first-order valence-corrected chi connectivity index (χ1v) is 10.5. The highest BCUT2D eigenvalue weighted by Gasteiger charge is 2.41. The zero-order valence-corrected chi connectivity index (χ0v) is 17.8. The Morgan fingerprint density at radius 3 is 2.71 bits per heavy atom. The van der Waals surface area contributed by atoms with Crippen molar-refractivity contribution in [1.29, 1.82) is 0 Å². The zero-order chi connectivity index (χ0) is 20.1. The lowest BCUT2D eigenvalue weighted by molar-refractivity contribution is 0.0191. The number of anilines is 1. The Bertz CT molecular complexity index is 754. The van der Waals surface area contributed by atoms with Crippen LogP contribution in [0.3, 0.4) is 0 Å². The molecule has 4 rings (SSSR count). The van der Waals surface area contributed by atoms with Crippen LogP contribution in [0.5, 0.6) is 0 Å². The highest BCUT2D eigenvalue weighted by molar-refractivity contribution is 5.69. The van der Waals surface area contributed by atoms with Crippen molar-refractivity contribution in [3.63, 3.8) is 0 Å². The number of hydrogen-bond acceptors (Lipinski definition) is 5. The van der Waals surface area contributed by atoms with Gasteiger partial charge in [-0.05, 0) is 70.9 Å². The first-order valence-electron chi connectivity index (χ1n) is 10.5. The second-order valence-corrected chi connectivity index (χ2v) is 9.69. The number of hydrogen-bond donors (Lipinski definition) is 0. The van der Waals surface area contributed by atoms with Gasteiger partial charge in [-0.2, -0.15) is 0 Å². The number of piperazine rings is 1. The van der Waals surface area contributed by atoms with Crippen LogP contribution >= 0.6 is 0 Å². The monoisotopic (exact) mass is 387 g/mol. The normalized spacial score (nSPS) is 24.2. The molecule has 1 amide bonds. The van der Waals surface area contributed by atoms with E-state index in [2.05, 4.69) is 24.8 Å². The van der Waals surface area contributed by atoms with Crippen molar-refractivity contribution in [3.05, 3.63) is 22.9 Å². The van der Waals surface area contributed by atoms with E-state index in [-0.39, 0.29) is 18.2 Å². The van der Waals surface area contributed by atoms with Crippen LogP contribution in [-0.2, 0) is 22.5 Å².